The van der Waals surface area contributed by atoms with Gasteiger partial charge < -0.3 is 14.4 Å². The van der Waals surface area contributed by atoms with Crippen LogP contribution in [0.1, 0.15) is 37.8 Å². The number of nitrogens with zero attached hydrogens (tertiary/aromatic N) is 3. The molecule has 0 aliphatic carbocycles. The molecule has 9 heteroatoms. The number of benzene rings is 2. The van der Waals surface area contributed by atoms with Gasteiger partial charge >= 0.3 is 0 Å². The zero-order chi connectivity index (χ0) is 24.4. The van der Waals surface area contributed by atoms with E-state index >= 15 is 0 Å². The Morgan fingerprint density at radius 1 is 0.914 bits per heavy atom. The predicted octanol–water partition coefficient (Wildman–Crippen LogP) is 2.91. The first-order valence-corrected chi connectivity index (χ1v) is 13.9. The Kier molecular flexibility index (Phi) is 7.00. The maximum absolute atomic E-state index is 13.4. The van der Waals surface area contributed by atoms with Crippen LogP contribution >= 0.6 is 0 Å². The van der Waals surface area contributed by atoms with E-state index in [1.807, 2.05) is 17.9 Å². The third-order valence-corrected chi connectivity index (χ3v) is 9.15. The largest absolute Gasteiger partial charge is 0.490 e. The normalized spacial score (nSPS) is 22.5. The summed E-state index contributed by atoms with van der Waals surface area (Å²) >= 11 is 0. The standard InChI is InChI=1S/C26H33N3O5S/c1-20(26(30)27-13-15-28(16-14-27)35(31,32)22-7-3-2-4-8-22)29-12-5-9-23(29)21-10-11-24-25(19-21)34-18-6-17-33-24/h2-4,7-8,10-11,19-20,23H,5-6,9,12-18H2,1H3. The zero-order valence-electron chi connectivity index (χ0n) is 20.1. The van der Waals surface area contributed by atoms with Crippen molar-refractivity contribution in [3.05, 3.63) is 54.1 Å². The molecular weight excluding hydrogens is 466 g/mol. The molecule has 5 rings (SSSR count). The van der Waals surface area contributed by atoms with Crippen LogP contribution < -0.4 is 9.47 Å². The number of piperazine rings is 1. The van der Waals surface area contributed by atoms with Gasteiger partial charge in [0.2, 0.25) is 15.9 Å². The second-order valence-electron chi connectivity index (χ2n) is 9.37. The Bertz CT molecular complexity index is 1150. The minimum absolute atomic E-state index is 0.0583. The van der Waals surface area contributed by atoms with Crippen LogP contribution in [0.4, 0.5) is 0 Å². The fraction of sp³-hybridized carbons (Fsp3) is 0.500. The summed E-state index contributed by atoms with van der Waals surface area (Å²) in [4.78, 5) is 17.8. The lowest BCUT2D eigenvalue weighted by Gasteiger charge is -2.38. The average molecular weight is 500 g/mol. The molecule has 2 aromatic carbocycles. The van der Waals surface area contributed by atoms with Gasteiger partial charge in [-0.15, -0.1) is 0 Å². The van der Waals surface area contributed by atoms with E-state index in [0.29, 0.717) is 44.3 Å². The van der Waals surface area contributed by atoms with Crippen molar-refractivity contribution in [1.82, 2.24) is 14.1 Å². The molecular formula is C26H33N3O5S. The molecule has 2 atom stereocenters. The summed E-state index contributed by atoms with van der Waals surface area (Å²) in [5.41, 5.74) is 1.14. The molecule has 8 nitrogen and oxygen atoms in total. The van der Waals surface area contributed by atoms with Gasteiger partial charge in [-0.2, -0.15) is 4.31 Å². The van der Waals surface area contributed by atoms with Gasteiger partial charge in [0.25, 0.3) is 0 Å². The van der Waals surface area contributed by atoms with E-state index < -0.39 is 10.0 Å². The Morgan fingerprint density at radius 3 is 2.37 bits per heavy atom. The summed E-state index contributed by atoms with van der Waals surface area (Å²) in [6.07, 6.45) is 2.88. The highest BCUT2D eigenvalue weighted by Gasteiger charge is 2.37. The molecule has 0 bridgehead atoms. The minimum atomic E-state index is -3.54. The Hall–Kier alpha value is -2.62. The molecule has 0 aromatic heterocycles. The highest BCUT2D eigenvalue weighted by molar-refractivity contribution is 7.89. The molecule has 0 N–H and O–H groups in total. The minimum Gasteiger partial charge on any atom is -0.490 e. The van der Waals surface area contributed by atoms with Gasteiger partial charge in [-0.1, -0.05) is 24.3 Å². The van der Waals surface area contributed by atoms with E-state index in [1.54, 1.807) is 30.3 Å². The lowest BCUT2D eigenvalue weighted by Crippen LogP contribution is -2.55. The van der Waals surface area contributed by atoms with E-state index in [9.17, 15) is 13.2 Å². The van der Waals surface area contributed by atoms with E-state index in [1.165, 1.54) is 4.31 Å². The third-order valence-electron chi connectivity index (χ3n) is 7.24. The van der Waals surface area contributed by atoms with Gasteiger partial charge in [0.1, 0.15) is 0 Å². The Labute approximate surface area is 207 Å². The summed E-state index contributed by atoms with van der Waals surface area (Å²) in [6.45, 7) is 5.54. The van der Waals surface area contributed by atoms with Gasteiger partial charge in [0.05, 0.1) is 24.2 Å². The fourth-order valence-electron chi connectivity index (χ4n) is 5.29. The maximum Gasteiger partial charge on any atom is 0.243 e. The lowest BCUT2D eigenvalue weighted by molar-refractivity contribution is -0.138. The molecule has 3 heterocycles. The molecule has 1 amide bonds. The van der Waals surface area contributed by atoms with Crippen molar-refractivity contribution in [3.63, 3.8) is 0 Å². The number of hydrogen-bond acceptors (Lipinski definition) is 6. The quantitative estimate of drug-likeness (QED) is 0.630. The molecule has 2 saturated heterocycles. The van der Waals surface area contributed by atoms with Gasteiger partial charge in [0, 0.05) is 38.6 Å². The predicted molar refractivity (Wildman–Crippen MR) is 132 cm³/mol. The van der Waals surface area contributed by atoms with E-state index in [-0.39, 0.29) is 18.0 Å². The molecule has 2 fully saturated rings. The number of carbonyl (C=O) groups excluding carboxylic acids is 1. The Balaban J connectivity index is 1.24. The summed E-state index contributed by atoms with van der Waals surface area (Å²) in [5.74, 6) is 1.62. The van der Waals surface area contributed by atoms with Crippen molar-refractivity contribution >= 4 is 15.9 Å². The molecule has 3 aliphatic heterocycles. The monoisotopic (exact) mass is 499 g/mol. The molecule has 35 heavy (non-hydrogen) atoms. The number of amides is 1. The fourth-order valence-corrected chi connectivity index (χ4v) is 6.74. The number of sulfonamides is 1. The van der Waals surface area contributed by atoms with Gasteiger partial charge in [-0.25, -0.2) is 8.42 Å². The van der Waals surface area contributed by atoms with Crippen LogP contribution in [0.15, 0.2) is 53.4 Å². The van der Waals surface area contributed by atoms with Crippen molar-refractivity contribution in [2.45, 2.75) is 43.2 Å². The summed E-state index contributed by atoms with van der Waals surface area (Å²) < 4.78 is 39.0. The molecule has 2 aromatic rings. The molecule has 188 valence electrons. The van der Waals surface area contributed by atoms with E-state index in [2.05, 4.69) is 17.0 Å². The molecule has 0 saturated carbocycles. The molecule has 2 unspecified atom stereocenters. The smallest absolute Gasteiger partial charge is 0.243 e. The van der Waals surface area contributed by atoms with Crippen LogP contribution in [0.3, 0.4) is 0 Å². The number of carbonyl (C=O) groups is 1. The highest BCUT2D eigenvalue weighted by Crippen LogP contribution is 2.39. The number of rotatable bonds is 5. The summed E-state index contributed by atoms with van der Waals surface area (Å²) in [7, 11) is -3.54. The second-order valence-corrected chi connectivity index (χ2v) is 11.3. The molecule has 0 radical (unpaired) electrons. The van der Waals surface area contributed by atoms with Crippen LogP contribution in [0.25, 0.3) is 0 Å². The van der Waals surface area contributed by atoms with Crippen molar-refractivity contribution in [2.75, 3.05) is 45.9 Å². The van der Waals surface area contributed by atoms with Crippen molar-refractivity contribution in [3.8, 4) is 11.5 Å². The zero-order valence-corrected chi connectivity index (χ0v) is 21.0. The first-order valence-electron chi connectivity index (χ1n) is 12.4. The third kappa shape index (κ3) is 4.90. The van der Waals surface area contributed by atoms with Crippen molar-refractivity contribution in [2.24, 2.45) is 0 Å². The summed E-state index contributed by atoms with van der Waals surface area (Å²) in [6, 6.07) is 14.5. The van der Waals surface area contributed by atoms with Crippen LogP contribution in [0.5, 0.6) is 11.5 Å². The van der Waals surface area contributed by atoms with Gasteiger partial charge in [0.15, 0.2) is 11.5 Å². The lowest BCUT2D eigenvalue weighted by atomic mass is 10.0. The number of ether oxygens (including phenoxy) is 2. The van der Waals surface area contributed by atoms with E-state index in [4.69, 9.17) is 9.47 Å². The first-order chi connectivity index (χ1) is 16.9. The summed E-state index contributed by atoms with van der Waals surface area (Å²) in [5, 5.41) is 0. The highest BCUT2D eigenvalue weighted by atomic mass is 32.2. The number of hydrogen-bond donors (Lipinski definition) is 0. The molecule has 0 spiro atoms. The first kappa shape index (κ1) is 24.1. The topological polar surface area (TPSA) is 79.4 Å². The van der Waals surface area contributed by atoms with Crippen LogP contribution in [0.2, 0.25) is 0 Å². The van der Waals surface area contributed by atoms with E-state index in [0.717, 1.165) is 42.9 Å². The SMILES string of the molecule is CC(C(=O)N1CCN(S(=O)(=O)c2ccccc2)CC1)N1CCCC1c1ccc2c(c1)OCCCO2. The molecule has 3 aliphatic rings. The Morgan fingerprint density at radius 2 is 1.63 bits per heavy atom. The second kappa shape index (κ2) is 10.2. The average Bonchev–Trinajstić information content (AvgIpc) is 3.27. The van der Waals surface area contributed by atoms with Gasteiger partial charge in [-0.05, 0) is 56.1 Å². The van der Waals surface area contributed by atoms with Crippen LogP contribution in [-0.2, 0) is 14.8 Å². The van der Waals surface area contributed by atoms with Crippen LogP contribution in [0, 0.1) is 0 Å². The van der Waals surface area contributed by atoms with Crippen molar-refractivity contribution < 1.29 is 22.7 Å². The van der Waals surface area contributed by atoms with Crippen molar-refractivity contribution in [1.29, 1.82) is 0 Å². The van der Waals surface area contributed by atoms with Crippen LogP contribution in [-0.4, -0.2) is 80.4 Å². The number of likely N-dealkylation sites (tertiary alicyclic amines) is 1. The maximum atomic E-state index is 13.4. The number of fused-ring (bicyclic) bond motifs is 1. The van der Waals surface area contributed by atoms with Gasteiger partial charge in [-0.3, -0.25) is 9.69 Å².